The second kappa shape index (κ2) is 8.16. The van der Waals surface area contributed by atoms with Crippen LogP contribution in [0.5, 0.6) is 5.75 Å². The summed E-state index contributed by atoms with van der Waals surface area (Å²) in [4.78, 5) is 18.8. The van der Waals surface area contributed by atoms with Crippen LogP contribution in [0, 0.1) is 0 Å². The first-order valence-electron chi connectivity index (χ1n) is 9.71. The maximum absolute atomic E-state index is 12.7. The van der Waals surface area contributed by atoms with E-state index in [1.54, 1.807) is 7.11 Å². The van der Waals surface area contributed by atoms with E-state index in [1.807, 2.05) is 74.5 Å². The largest absolute Gasteiger partial charge is 0.497 e. The van der Waals surface area contributed by atoms with Gasteiger partial charge in [-0.2, -0.15) is 0 Å². The predicted molar refractivity (Wildman–Crippen MR) is 124 cm³/mol. The molecule has 2 heterocycles. The van der Waals surface area contributed by atoms with Gasteiger partial charge in [-0.25, -0.2) is 4.98 Å². The molecule has 0 aliphatic rings. The smallest absolute Gasteiger partial charge is 0.263 e. The van der Waals surface area contributed by atoms with Gasteiger partial charge in [0.1, 0.15) is 15.5 Å². The topological polar surface area (TPSA) is 77.2 Å². The number of ether oxygens (including phenoxy) is 1. The number of nitrogen functional groups attached to an aromatic ring is 1. The van der Waals surface area contributed by atoms with Crippen LogP contribution in [0.2, 0.25) is 0 Å². The van der Waals surface area contributed by atoms with E-state index in [2.05, 4.69) is 5.32 Å². The van der Waals surface area contributed by atoms with Crippen molar-refractivity contribution in [3.8, 4) is 28.1 Å². The molecule has 152 valence electrons. The molecule has 0 atom stereocenters. The van der Waals surface area contributed by atoms with E-state index in [0.717, 1.165) is 38.4 Å². The average molecular weight is 418 g/mol. The predicted octanol–water partition coefficient (Wildman–Crippen LogP) is 5.36. The normalized spacial score (nSPS) is 11.1. The number of thiophene rings is 1. The standard InChI is InChI=1S/C24H23N3O2S/c1-14(2)26-23(28)22-21(25)20-18(16-10-7-11-17(12-16)29-3)13-19(27-24(20)30-22)15-8-5-4-6-9-15/h4-14H,25H2,1-3H3,(H,26,28). The van der Waals surface area contributed by atoms with Crippen LogP contribution < -0.4 is 15.8 Å². The van der Waals surface area contributed by atoms with Crippen molar-refractivity contribution in [1.29, 1.82) is 0 Å². The van der Waals surface area contributed by atoms with E-state index in [-0.39, 0.29) is 11.9 Å². The fourth-order valence-electron chi connectivity index (χ4n) is 3.39. The molecule has 0 spiro atoms. The summed E-state index contributed by atoms with van der Waals surface area (Å²) in [5.41, 5.74) is 10.7. The number of carbonyl (C=O) groups excluding carboxylic acids is 1. The Labute approximate surface area is 179 Å². The minimum atomic E-state index is -0.177. The number of rotatable bonds is 5. The number of methoxy groups -OCH3 is 1. The zero-order chi connectivity index (χ0) is 21.3. The lowest BCUT2D eigenvalue weighted by Gasteiger charge is -2.10. The first-order valence-corrected chi connectivity index (χ1v) is 10.5. The zero-order valence-electron chi connectivity index (χ0n) is 17.1. The average Bonchev–Trinajstić information content (AvgIpc) is 3.10. The molecule has 0 radical (unpaired) electrons. The number of hydrogen-bond donors (Lipinski definition) is 2. The summed E-state index contributed by atoms with van der Waals surface area (Å²) in [7, 11) is 1.64. The quantitative estimate of drug-likeness (QED) is 0.458. The number of nitrogens with zero attached hydrogens (tertiary/aromatic N) is 1. The van der Waals surface area contributed by atoms with E-state index in [0.29, 0.717) is 10.6 Å². The van der Waals surface area contributed by atoms with Gasteiger partial charge in [0.25, 0.3) is 5.91 Å². The van der Waals surface area contributed by atoms with Gasteiger partial charge in [-0.3, -0.25) is 4.79 Å². The monoisotopic (exact) mass is 417 g/mol. The Hall–Kier alpha value is -3.38. The SMILES string of the molecule is COc1cccc(-c2cc(-c3ccccc3)nc3sc(C(=O)NC(C)C)c(N)c23)c1. The van der Waals surface area contributed by atoms with Gasteiger partial charge in [-0.05, 0) is 43.2 Å². The van der Waals surface area contributed by atoms with E-state index in [4.69, 9.17) is 15.5 Å². The molecule has 0 saturated carbocycles. The summed E-state index contributed by atoms with van der Waals surface area (Å²) >= 11 is 1.32. The lowest BCUT2D eigenvalue weighted by atomic mass is 9.99. The van der Waals surface area contributed by atoms with Gasteiger partial charge in [0.2, 0.25) is 0 Å². The molecule has 0 aliphatic heterocycles. The van der Waals surface area contributed by atoms with Gasteiger partial charge < -0.3 is 15.8 Å². The number of fused-ring (bicyclic) bond motifs is 1. The Kier molecular flexibility index (Phi) is 5.42. The molecule has 6 heteroatoms. The minimum Gasteiger partial charge on any atom is -0.497 e. The molecule has 30 heavy (non-hydrogen) atoms. The second-order valence-electron chi connectivity index (χ2n) is 7.31. The Morgan fingerprint density at radius 1 is 1.07 bits per heavy atom. The number of pyridine rings is 1. The molecule has 0 bridgehead atoms. The number of nitrogens with two attached hydrogens (primary N) is 1. The van der Waals surface area contributed by atoms with Crippen LogP contribution >= 0.6 is 11.3 Å². The summed E-state index contributed by atoms with van der Waals surface area (Å²) in [6.07, 6.45) is 0. The van der Waals surface area contributed by atoms with Crippen molar-refractivity contribution in [1.82, 2.24) is 10.3 Å². The van der Waals surface area contributed by atoms with Crippen molar-refractivity contribution in [2.24, 2.45) is 0 Å². The van der Waals surface area contributed by atoms with Crippen LogP contribution in [0.15, 0.2) is 60.7 Å². The molecule has 0 aliphatic carbocycles. The number of anilines is 1. The summed E-state index contributed by atoms with van der Waals surface area (Å²) in [5, 5.41) is 3.72. The molecular weight excluding hydrogens is 394 g/mol. The van der Waals surface area contributed by atoms with Crippen molar-refractivity contribution >= 4 is 33.1 Å². The first-order chi connectivity index (χ1) is 14.5. The Balaban J connectivity index is 1.98. The zero-order valence-corrected chi connectivity index (χ0v) is 17.9. The number of benzene rings is 2. The van der Waals surface area contributed by atoms with Gasteiger partial charge in [-0.1, -0.05) is 42.5 Å². The van der Waals surface area contributed by atoms with Crippen LogP contribution in [-0.2, 0) is 0 Å². The maximum Gasteiger partial charge on any atom is 0.263 e. The maximum atomic E-state index is 12.7. The fraction of sp³-hybridized carbons (Fsp3) is 0.167. The molecule has 4 aromatic rings. The molecule has 4 rings (SSSR count). The Morgan fingerprint density at radius 3 is 2.50 bits per heavy atom. The van der Waals surface area contributed by atoms with Gasteiger partial charge in [0.05, 0.1) is 18.5 Å². The number of nitrogens with one attached hydrogen (secondary N) is 1. The lowest BCUT2D eigenvalue weighted by Crippen LogP contribution is -2.29. The molecule has 1 amide bonds. The van der Waals surface area contributed by atoms with E-state index in [1.165, 1.54) is 11.3 Å². The molecular formula is C24H23N3O2S. The highest BCUT2D eigenvalue weighted by atomic mass is 32.1. The van der Waals surface area contributed by atoms with Crippen molar-refractivity contribution in [3.63, 3.8) is 0 Å². The van der Waals surface area contributed by atoms with Crippen molar-refractivity contribution in [2.45, 2.75) is 19.9 Å². The van der Waals surface area contributed by atoms with Crippen LogP contribution in [0.25, 0.3) is 32.6 Å². The molecule has 3 N–H and O–H groups in total. The number of hydrogen-bond acceptors (Lipinski definition) is 5. The highest BCUT2D eigenvalue weighted by Crippen LogP contribution is 2.41. The molecule has 2 aromatic carbocycles. The highest BCUT2D eigenvalue weighted by molar-refractivity contribution is 7.21. The first kappa shape index (κ1) is 19.9. The summed E-state index contributed by atoms with van der Waals surface area (Å²) in [6, 6.07) is 19.9. The molecule has 2 aromatic heterocycles. The van der Waals surface area contributed by atoms with E-state index in [9.17, 15) is 4.79 Å². The highest BCUT2D eigenvalue weighted by Gasteiger charge is 2.22. The van der Waals surface area contributed by atoms with Crippen molar-refractivity contribution < 1.29 is 9.53 Å². The summed E-state index contributed by atoms with van der Waals surface area (Å²) < 4.78 is 5.41. The van der Waals surface area contributed by atoms with Crippen LogP contribution in [0.4, 0.5) is 5.69 Å². The summed E-state index contributed by atoms with van der Waals surface area (Å²) in [5.74, 6) is 0.577. The van der Waals surface area contributed by atoms with E-state index >= 15 is 0 Å². The third-order valence-electron chi connectivity index (χ3n) is 4.78. The van der Waals surface area contributed by atoms with Gasteiger partial charge in [0.15, 0.2) is 0 Å². The molecule has 0 fully saturated rings. The minimum absolute atomic E-state index is 0.0211. The number of amides is 1. The Morgan fingerprint density at radius 2 is 1.80 bits per heavy atom. The van der Waals surface area contributed by atoms with Gasteiger partial charge >= 0.3 is 0 Å². The Bertz CT molecular complexity index is 1220. The van der Waals surface area contributed by atoms with Gasteiger partial charge in [-0.15, -0.1) is 11.3 Å². The van der Waals surface area contributed by atoms with Crippen molar-refractivity contribution in [2.75, 3.05) is 12.8 Å². The third kappa shape index (κ3) is 3.74. The third-order valence-corrected chi connectivity index (χ3v) is 5.87. The molecule has 0 unspecified atom stereocenters. The van der Waals surface area contributed by atoms with Crippen LogP contribution in [0.3, 0.4) is 0 Å². The number of aromatic nitrogens is 1. The fourth-order valence-corrected chi connectivity index (χ4v) is 4.42. The van der Waals surface area contributed by atoms with Crippen LogP contribution in [0.1, 0.15) is 23.5 Å². The second-order valence-corrected chi connectivity index (χ2v) is 8.31. The van der Waals surface area contributed by atoms with E-state index < -0.39 is 0 Å². The van der Waals surface area contributed by atoms with Crippen LogP contribution in [-0.4, -0.2) is 24.0 Å². The van der Waals surface area contributed by atoms with Crippen molar-refractivity contribution in [3.05, 3.63) is 65.5 Å². The number of carbonyl (C=O) groups is 1. The lowest BCUT2D eigenvalue weighted by molar-refractivity contribution is 0.0948. The van der Waals surface area contributed by atoms with Gasteiger partial charge in [0, 0.05) is 17.0 Å². The molecule has 0 saturated heterocycles. The summed E-state index contributed by atoms with van der Waals surface area (Å²) in [6.45, 7) is 3.85. The molecule has 5 nitrogen and oxygen atoms in total.